The van der Waals surface area contributed by atoms with Crippen LogP contribution in [0.25, 0.3) is 0 Å². The van der Waals surface area contributed by atoms with Crippen LogP contribution in [-0.4, -0.2) is 51.7 Å². The molecule has 1 aromatic carbocycles. The van der Waals surface area contributed by atoms with Crippen LogP contribution in [0.1, 0.15) is 26.7 Å². The van der Waals surface area contributed by atoms with Gasteiger partial charge in [-0.3, -0.25) is 4.79 Å². The Bertz CT molecular complexity index is 660. The normalized spacial score (nSPS) is 12.8. The molecule has 0 radical (unpaired) electrons. The van der Waals surface area contributed by atoms with E-state index in [-0.39, 0.29) is 24.9 Å². The standard InChI is InChI=1S/C16H26N2O5S/c1-6-12(2)18(24(5,20)21)10-9-16(19)17-14-11-13(22-3)7-8-15(14)23-4/h7-8,11-12H,6,9-10H2,1-5H3,(H,17,19). The fourth-order valence-electron chi connectivity index (χ4n) is 2.25. The highest BCUT2D eigenvalue weighted by atomic mass is 32.2. The second-order valence-electron chi connectivity index (χ2n) is 5.50. The largest absolute Gasteiger partial charge is 0.497 e. The number of sulfonamides is 1. The fraction of sp³-hybridized carbons (Fsp3) is 0.562. The van der Waals surface area contributed by atoms with E-state index < -0.39 is 10.0 Å². The Labute approximate surface area is 144 Å². The van der Waals surface area contributed by atoms with Crippen molar-refractivity contribution in [3.63, 3.8) is 0 Å². The first kappa shape index (κ1) is 20.2. The Morgan fingerprint density at radius 3 is 2.46 bits per heavy atom. The number of nitrogens with zero attached hydrogens (tertiary/aromatic N) is 1. The smallest absolute Gasteiger partial charge is 0.225 e. The molecule has 0 bridgehead atoms. The highest BCUT2D eigenvalue weighted by molar-refractivity contribution is 7.88. The molecule has 0 spiro atoms. The van der Waals surface area contributed by atoms with Crippen molar-refractivity contribution in [3.8, 4) is 11.5 Å². The zero-order valence-corrected chi connectivity index (χ0v) is 15.6. The van der Waals surface area contributed by atoms with Crippen molar-refractivity contribution in [2.24, 2.45) is 0 Å². The van der Waals surface area contributed by atoms with Gasteiger partial charge in [0, 0.05) is 25.1 Å². The number of hydrogen-bond donors (Lipinski definition) is 1. The van der Waals surface area contributed by atoms with Crippen LogP contribution in [-0.2, 0) is 14.8 Å². The third-order valence-electron chi connectivity index (χ3n) is 3.75. The maximum atomic E-state index is 12.2. The van der Waals surface area contributed by atoms with Gasteiger partial charge in [-0.2, -0.15) is 4.31 Å². The fourth-order valence-corrected chi connectivity index (χ4v) is 3.48. The SMILES string of the molecule is CCC(C)N(CCC(=O)Nc1cc(OC)ccc1OC)S(C)(=O)=O. The maximum Gasteiger partial charge on any atom is 0.225 e. The number of benzene rings is 1. The summed E-state index contributed by atoms with van der Waals surface area (Å²) in [7, 11) is -0.323. The number of carbonyl (C=O) groups is 1. The van der Waals surface area contributed by atoms with Crippen LogP contribution in [0, 0.1) is 0 Å². The van der Waals surface area contributed by atoms with Gasteiger partial charge in [0.2, 0.25) is 15.9 Å². The molecule has 0 heterocycles. The van der Waals surface area contributed by atoms with Crippen molar-refractivity contribution < 1.29 is 22.7 Å². The molecule has 136 valence electrons. The monoisotopic (exact) mass is 358 g/mol. The zero-order valence-electron chi connectivity index (χ0n) is 14.8. The van der Waals surface area contributed by atoms with E-state index in [9.17, 15) is 13.2 Å². The Morgan fingerprint density at radius 2 is 1.96 bits per heavy atom. The summed E-state index contributed by atoms with van der Waals surface area (Å²) in [4.78, 5) is 12.2. The molecule has 1 N–H and O–H groups in total. The topological polar surface area (TPSA) is 84.9 Å². The summed E-state index contributed by atoms with van der Waals surface area (Å²) >= 11 is 0. The van der Waals surface area contributed by atoms with E-state index in [1.165, 1.54) is 18.5 Å². The molecule has 1 aromatic rings. The number of anilines is 1. The highest BCUT2D eigenvalue weighted by Crippen LogP contribution is 2.29. The van der Waals surface area contributed by atoms with Gasteiger partial charge in [-0.15, -0.1) is 0 Å². The first-order chi connectivity index (χ1) is 11.2. The number of rotatable bonds is 9. The summed E-state index contributed by atoms with van der Waals surface area (Å²) in [5.41, 5.74) is 0.483. The third kappa shape index (κ3) is 5.68. The quantitative estimate of drug-likeness (QED) is 0.731. The van der Waals surface area contributed by atoms with Gasteiger partial charge < -0.3 is 14.8 Å². The summed E-state index contributed by atoms with van der Waals surface area (Å²) in [5.74, 6) is 0.799. The van der Waals surface area contributed by atoms with Gasteiger partial charge in [-0.05, 0) is 25.5 Å². The lowest BCUT2D eigenvalue weighted by Gasteiger charge is -2.25. The lowest BCUT2D eigenvalue weighted by atomic mass is 10.2. The van der Waals surface area contributed by atoms with Gasteiger partial charge in [0.05, 0.1) is 26.2 Å². The Morgan fingerprint density at radius 1 is 1.29 bits per heavy atom. The molecule has 24 heavy (non-hydrogen) atoms. The van der Waals surface area contributed by atoms with E-state index in [2.05, 4.69) is 5.32 Å². The summed E-state index contributed by atoms with van der Waals surface area (Å²) in [6.45, 7) is 3.86. The number of methoxy groups -OCH3 is 2. The minimum absolute atomic E-state index is 0.0533. The number of nitrogens with one attached hydrogen (secondary N) is 1. The Hall–Kier alpha value is -1.80. The van der Waals surface area contributed by atoms with E-state index >= 15 is 0 Å². The molecule has 8 heteroatoms. The summed E-state index contributed by atoms with van der Waals surface area (Å²) in [5, 5.41) is 2.73. The molecule has 0 fully saturated rings. The molecule has 0 saturated heterocycles. The second-order valence-corrected chi connectivity index (χ2v) is 7.43. The van der Waals surface area contributed by atoms with Crippen LogP contribution in [0.2, 0.25) is 0 Å². The zero-order chi connectivity index (χ0) is 18.3. The van der Waals surface area contributed by atoms with Crippen molar-refractivity contribution >= 4 is 21.6 Å². The summed E-state index contributed by atoms with van der Waals surface area (Å²) in [6.07, 6.45) is 1.89. The number of ether oxygens (including phenoxy) is 2. The number of hydrogen-bond acceptors (Lipinski definition) is 5. The molecule has 1 unspecified atom stereocenters. The number of amides is 1. The van der Waals surface area contributed by atoms with Crippen LogP contribution >= 0.6 is 0 Å². The van der Waals surface area contributed by atoms with Gasteiger partial charge in [0.15, 0.2) is 0 Å². The van der Waals surface area contributed by atoms with Crippen LogP contribution < -0.4 is 14.8 Å². The van der Waals surface area contributed by atoms with Gasteiger partial charge in [-0.25, -0.2) is 8.42 Å². The van der Waals surface area contributed by atoms with Crippen molar-refractivity contribution in [2.45, 2.75) is 32.7 Å². The molecule has 1 amide bonds. The maximum absolute atomic E-state index is 12.2. The molecule has 1 rings (SSSR count). The number of carbonyl (C=O) groups excluding carboxylic acids is 1. The van der Waals surface area contributed by atoms with Gasteiger partial charge >= 0.3 is 0 Å². The molecule has 1 atom stereocenters. The Kier molecular flexibility index (Phi) is 7.50. The van der Waals surface area contributed by atoms with Crippen LogP contribution in [0.4, 0.5) is 5.69 Å². The van der Waals surface area contributed by atoms with Crippen molar-refractivity contribution in [3.05, 3.63) is 18.2 Å². The lowest BCUT2D eigenvalue weighted by molar-refractivity contribution is -0.116. The van der Waals surface area contributed by atoms with E-state index in [0.29, 0.717) is 23.6 Å². The lowest BCUT2D eigenvalue weighted by Crippen LogP contribution is -2.39. The third-order valence-corrected chi connectivity index (χ3v) is 5.14. The average Bonchev–Trinajstić information content (AvgIpc) is 2.53. The van der Waals surface area contributed by atoms with E-state index in [1.54, 1.807) is 18.2 Å². The van der Waals surface area contributed by atoms with Gasteiger partial charge in [0.25, 0.3) is 0 Å². The van der Waals surface area contributed by atoms with Gasteiger partial charge in [-0.1, -0.05) is 6.92 Å². The second kappa shape index (κ2) is 8.89. The molecule has 7 nitrogen and oxygen atoms in total. The van der Waals surface area contributed by atoms with Gasteiger partial charge in [0.1, 0.15) is 11.5 Å². The van der Waals surface area contributed by atoms with Crippen LogP contribution in [0.5, 0.6) is 11.5 Å². The predicted octanol–water partition coefficient (Wildman–Crippen LogP) is 2.09. The molecule has 0 aliphatic heterocycles. The van der Waals surface area contributed by atoms with E-state index in [4.69, 9.17) is 9.47 Å². The average molecular weight is 358 g/mol. The van der Waals surface area contributed by atoms with Crippen molar-refractivity contribution in [1.82, 2.24) is 4.31 Å². The van der Waals surface area contributed by atoms with E-state index in [0.717, 1.165) is 6.26 Å². The molecule has 0 aliphatic carbocycles. The first-order valence-corrected chi connectivity index (χ1v) is 9.56. The summed E-state index contributed by atoms with van der Waals surface area (Å²) < 4.78 is 35.4. The molecular weight excluding hydrogens is 332 g/mol. The van der Waals surface area contributed by atoms with Crippen molar-refractivity contribution in [2.75, 3.05) is 32.3 Å². The predicted molar refractivity (Wildman–Crippen MR) is 94.1 cm³/mol. The van der Waals surface area contributed by atoms with Crippen LogP contribution in [0.3, 0.4) is 0 Å². The molecule has 0 aliphatic rings. The highest BCUT2D eigenvalue weighted by Gasteiger charge is 2.22. The summed E-state index contributed by atoms with van der Waals surface area (Å²) in [6, 6.07) is 4.91. The van der Waals surface area contributed by atoms with Crippen LogP contribution in [0.15, 0.2) is 18.2 Å². The molecular formula is C16H26N2O5S. The minimum atomic E-state index is -3.36. The minimum Gasteiger partial charge on any atom is -0.497 e. The molecule has 0 aromatic heterocycles. The van der Waals surface area contributed by atoms with E-state index in [1.807, 2.05) is 13.8 Å². The molecule has 0 saturated carbocycles. The van der Waals surface area contributed by atoms with Crippen molar-refractivity contribution in [1.29, 1.82) is 0 Å². The first-order valence-electron chi connectivity index (χ1n) is 7.71. The Balaban J connectivity index is 2.79.